The first kappa shape index (κ1) is 25.5. The number of nitrogens with zero attached hydrogens (tertiary/aromatic N) is 3. The summed E-state index contributed by atoms with van der Waals surface area (Å²) in [4.78, 5) is 42.8. The van der Waals surface area contributed by atoms with Crippen molar-refractivity contribution < 1.29 is 9.59 Å². The zero-order valence-electron chi connectivity index (χ0n) is 20.1. The average molecular weight is 553 g/mol. The second-order valence-electron chi connectivity index (χ2n) is 9.17. The standard InChI is InChI=1S/C27H25ClN4O3S2/c1-30-21-9-5-3-7-18(21)23(31-12-10-16(11-13-31)24(29)33)19(25(30)34)14-22-26(35)32(27(36)37-22)15-17-6-2-4-8-20(17)28/h2-9,14,16H,10-13,15H2,1H3,(H2,29,33). The van der Waals surface area contributed by atoms with E-state index in [1.165, 1.54) is 16.7 Å². The third kappa shape index (κ3) is 4.79. The molecule has 1 aromatic heterocycles. The first-order chi connectivity index (χ1) is 17.8. The van der Waals surface area contributed by atoms with E-state index in [-0.39, 0.29) is 29.8 Å². The highest BCUT2D eigenvalue weighted by Crippen LogP contribution is 2.38. The van der Waals surface area contributed by atoms with E-state index in [1.54, 1.807) is 23.8 Å². The van der Waals surface area contributed by atoms with Crippen LogP contribution in [-0.4, -0.2) is 38.7 Å². The molecule has 2 fully saturated rings. The number of amides is 2. The monoisotopic (exact) mass is 552 g/mol. The SMILES string of the molecule is Cn1c(=O)c(C=C2SC(=S)N(Cc3ccccc3Cl)C2=O)c(N2CCC(C(N)=O)CC2)c2ccccc21. The number of rotatable bonds is 5. The van der Waals surface area contributed by atoms with Gasteiger partial charge in [-0.05, 0) is 36.6 Å². The molecule has 2 aliphatic rings. The van der Waals surface area contributed by atoms with Gasteiger partial charge in [0.1, 0.15) is 4.32 Å². The van der Waals surface area contributed by atoms with Gasteiger partial charge in [-0.2, -0.15) is 0 Å². The molecule has 7 nitrogen and oxygen atoms in total. The van der Waals surface area contributed by atoms with Crippen LogP contribution in [0.4, 0.5) is 5.69 Å². The Balaban J connectivity index is 1.58. The number of thiocarbonyl (C=S) groups is 1. The predicted molar refractivity (Wildman–Crippen MR) is 153 cm³/mol. The second-order valence-corrected chi connectivity index (χ2v) is 11.2. The average Bonchev–Trinajstić information content (AvgIpc) is 3.16. The van der Waals surface area contributed by atoms with E-state index in [4.69, 9.17) is 29.6 Å². The summed E-state index contributed by atoms with van der Waals surface area (Å²) in [6, 6.07) is 15.0. The molecule has 0 radical (unpaired) electrons. The van der Waals surface area contributed by atoms with Crippen LogP contribution in [0.1, 0.15) is 24.0 Å². The molecule has 190 valence electrons. The number of primary amides is 1. The number of piperidine rings is 1. The first-order valence-electron chi connectivity index (χ1n) is 11.9. The number of thioether (sulfide) groups is 1. The lowest BCUT2D eigenvalue weighted by atomic mass is 9.94. The number of anilines is 1. The van der Waals surface area contributed by atoms with E-state index in [0.717, 1.165) is 22.2 Å². The molecule has 0 atom stereocenters. The molecule has 2 amide bonds. The summed E-state index contributed by atoms with van der Waals surface area (Å²) in [5, 5.41) is 1.46. The zero-order valence-corrected chi connectivity index (χ0v) is 22.5. The molecule has 0 aliphatic carbocycles. The fourth-order valence-electron chi connectivity index (χ4n) is 4.93. The highest BCUT2D eigenvalue weighted by molar-refractivity contribution is 8.26. The van der Waals surface area contributed by atoms with Crippen LogP contribution in [0, 0.1) is 5.92 Å². The third-order valence-corrected chi connectivity index (χ3v) is 8.71. The van der Waals surface area contributed by atoms with Crippen molar-refractivity contribution in [1.29, 1.82) is 0 Å². The molecule has 10 heteroatoms. The van der Waals surface area contributed by atoms with Crippen LogP contribution in [0.25, 0.3) is 17.0 Å². The van der Waals surface area contributed by atoms with Crippen molar-refractivity contribution in [1.82, 2.24) is 9.47 Å². The number of carbonyl (C=O) groups is 2. The summed E-state index contributed by atoms with van der Waals surface area (Å²) in [6.45, 7) is 1.42. The van der Waals surface area contributed by atoms with Crippen molar-refractivity contribution in [2.75, 3.05) is 18.0 Å². The number of pyridine rings is 1. The van der Waals surface area contributed by atoms with Gasteiger partial charge in [-0.3, -0.25) is 19.3 Å². The number of carbonyl (C=O) groups excluding carboxylic acids is 2. The van der Waals surface area contributed by atoms with Gasteiger partial charge >= 0.3 is 0 Å². The first-order valence-corrected chi connectivity index (χ1v) is 13.5. The molecule has 0 unspecified atom stereocenters. The van der Waals surface area contributed by atoms with Crippen LogP contribution in [-0.2, 0) is 23.2 Å². The smallest absolute Gasteiger partial charge is 0.266 e. The van der Waals surface area contributed by atoms with Crippen LogP contribution >= 0.6 is 35.6 Å². The highest BCUT2D eigenvalue weighted by Gasteiger charge is 2.34. The van der Waals surface area contributed by atoms with Crippen LogP contribution in [0.3, 0.4) is 0 Å². The van der Waals surface area contributed by atoms with E-state index in [2.05, 4.69) is 4.90 Å². The summed E-state index contributed by atoms with van der Waals surface area (Å²) in [6.07, 6.45) is 2.88. The van der Waals surface area contributed by atoms with Crippen molar-refractivity contribution >= 4 is 74.4 Å². The van der Waals surface area contributed by atoms with Crippen LogP contribution in [0.5, 0.6) is 0 Å². The van der Waals surface area contributed by atoms with Gasteiger partial charge in [0, 0.05) is 36.5 Å². The van der Waals surface area contributed by atoms with Gasteiger partial charge in [0.2, 0.25) is 5.91 Å². The van der Waals surface area contributed by atoms with E-state index in [0.29, 0.717) is 45.7 Å². The van der Waals surface area contributed by atoms with E-state index < -0.39 is 0 Å². The molecule has 3 aromatic rings. The quantitative estimate of drug-likeness (QED) is 0.375. The maximum atomic E-state index is 13.6. The van der Waals surface area contributed by atoms with Gasteiger partial charge in [0.05, 0.1) is 28.2 Å². The molecular weight excluding hydrogens is 528 g/mol. The van der Waals surface area contributed by atoms with E-state index >= 15 is 0 Å². The number of aromatic nitrogens is 1. The minimum atomic E-state index is -0.295. The van der Waals surface area contributed by atoms with Crippen LogP contribution < -0.4 is 16.2 Å². The fraction of sp³-hybridized carbons (Fsp3) is 0.259. The summed E-state index contributed by atoms with van der Waals surface area (Å²) in [5.74, 6) is -0.738. The number of para-hydroxylation sites is 1. The van der Waals surface area contributed by atoms with Crippen molar-refractivity contribution in [2.45, 2.75) is 19.4 Å². The lowest BCUT2D eigenvalue weighted by Crippen LogP contribution is -2.40. The number of fused-ring (bicyclic) bond motifs is 1. The Labute approximate surface area is 228 Å². The topological polar surface area (TPSA) is 88.6 Å². The zero-order chi connectivity index (χ0) is 26.3. The number of nitrogens with two attached hydrogens (primary N) is 1. The van der Waals surface area contributed by atoms with Crippen molar-refractivity contribution in [3.05, 3.63) is 79.9 Å². The number of aryl methyl sites for hydroxylation is 1. The third-order valence-electron chi connectivity index (χ3n) is 6.96. The lowest BCUT2D eigenvalue weighted by molar-refractivity contribution is -0.123. The Kier molecular flexibility index (Phi) is 7.11. The van der Waals surface area contributed by atoms with Gasteiger partial charge in [-0.1, -0.05) is 72.0 Å². The second kappa shape index (κ2) is 10.3. The predicted octanol–water partition coefficient (Wildman–Crippen LogP) is 4.30. The molecule has 0 spiro atoms. The van der Waals surface area contributed by atoms with Gasteiger partial charge in [0.15, 0.2) is 0 Å². The van der Waals surface area contributed by atoms with E-state index in [1.807, 2.05) is 42.5 Å². The van der Waals surface area contributed by atoms with Crippen LogP contribution in [0.2, 0.25) is 5.02 Å². The van der Waals surface area contributed by atoms with Crippen molar-refractivity contribution in [3.8, 4) is 0 Å². The maximum Gasteiger partial charge on any atom is 0.266 e. The molecule has 0 saturated carbocycles. The summed E-state index contributed by atoms with van der Waals surface area (Å²) in [5.41, 5.74) is 8.12. The number of hydrogen-bond acceptors (Lipinski definition) is 6. The molecule has 2 N–H and O–H groups in total. The minimum absolute atomic E-state index is 0.182. The Bertz CT molecular complexity index is 1530. The summed E-state index contributed by atoms with van der Waals surface area (Å²) < 4.78 is 2.02. The molecule has 2 aliphatic heterocycles. The Morgan fingerprint density at radius 1 is 1.14 bits per heavy atom. The molecule has 3 heterocycles. The van der Waals surface area contributed by atoms with Crippen LogP contribution in [0.15, 0.2) is 58.2 Å². The number of benzene rings is 2. The molecule has 5 rings (SSSR count). The molecule has 37 heavy (non-hydrogen) atoms. The molecule has 0 bridgehead atoms. The maximum absolute atomic E-state index is 13.6. The largest absolute Gasteiger partial charge is 0.370 e. The Morgan fingerprint density at radius 2 is 1.81 bits per heavy atom. The van der Waals surface area contributed by atoms with E-state index in [9.17, 15) is 14.4 Å². The molecule has 2 aromatic carbocycles. The molecule has 2 saturated heterocycles. The van der Waals surface area contributed by atoms with Gasteiger partial charge in [-0.15, -0.1) is 0 Å². The Hall–Kier alpha value is -3.14. The highest BCUT2D eigenvalue weighted by atomic mass is 35.5. The molecular formula is C27H25ClN4O3S2. The van der Waals surface area contributed by atoms with Gasteiger partial charge in [-0.25, -0.2) is 0 Å². The van der Waals surface area contributed by atoms with Crippen molar-refractivity contribution in [2.24, 2.45) is 18.7 Å². The fourth-order valence-corrected chi connectivity index (χ4v) is 6.36. The van der Waals surface area contributed by atoms with Gasteiger partial charge < -0.3 is 15.2 Å². The van der Waals surface area contributed by atoms with Crippen molar-refractivity contribution in [3.63, 3.8) is 0 Å². The Morgan fingerprint density at radius 3 is 2.51 bits per heavy atom. The number of hydrogen-bond donors (Lipinski definition) is 1. The number of halogens is 1. The summed E-state index contributed by atoms with van der Waals surface area (Å²) in [7, 11) is 1.73. The minimum Gasteiger partial charge on any atom is -0.370 e. The summed E-state index contributed by atoms with van der Waals surface area (Å²) >= 11 is 13.0. The van der Waals surface area contributed by atoms with Gasteiger partial charge in [0.25, 0.3) is 11.5 Å². The normalized spacial score (nSPS) is 17.8. The lowest BCUT2D eigenvalue weighted by Gasteiger charge is -2.34.